The first-order valence-corrected chi connectivity index (χ1v) is 6.94. The van der Waals surface area contributed by atoms with Crippen molar-refractivity contribution in [1.29, 1.82) is 0 Å². The summed E-state index contributed by atoms with van der Waals surface area (Å²) >= 11 is 0. The van der Waals surface area contributed by atoms with Crippen LogP contribution in [0, 0.1) is 26.6 Å². The maximum Gasteiger partial charge on any atom is 0.126 e. The van der Waals surface area contributed by atoms with Gasteiger partial charge in [-0.1, -0.05) is 18.2 Å². The molecule has 0 fully saturated rings. The Labute approximate surface area is 123 Å². The molecule has 1 heterocycles. The van der Waals surface area contributed by atoms with E-state index in [1.54, 1.807) is 6.92 Å². The van der Waals surface area contributed by atoms with Gasteiger partial charge in [-0.05, 0) is 67.3 Å². The fourth-order valence-corrected chi connectivity index (χ4v) is 2.41. The summed E-state index contributed by atoms with van der Waals surface area (Å²) in [6, 6.07) is 13.4. The lowest BCUT2D eigenvalue weighted by molar-refractivity contribution is 0.619. The molecular weight excluding hydrogens is 263 g/mol. The average molecular weight is 280 g/mol. The number of halogens is 1. The van der Waals surface area contributed by atoms with Gasteiger partial charge in [0, 0.05) is 6.20 Å². The Morgan fingerprint density at radius 2 is 1.57 bits per heavy atom. The van der Waals surface area contributed by atoms with Crippen LogP contribution in [0.25, 0.3) is 16.8 Å². The van der Waals surface area contributed by atoms with E-state index in [0.29, 0.717) is 5.56 Å². The highest BCUT2D eigenvalue weighted by Gasteiger charge is 2.07. The fourth-order valence-electron chi connectivity index (χ4n) is 2.41. The zero-order valence-electron chi connectivity index (χ0n) is 12.4. The summed E-state index contributed by atoms with van der Waals surface area (Å²) in [7, 11) is 0. The predicted octanol–water partition coefficient (Wildman–Crippen LogP) is 4.60. The Balaban J connectivity index is 2.10. The third-order valence-corrected chi connectivity index (χ3v) is 3.67. The van der Waals surface area contributed by atoms with E-state index in [9.17, 15) is 4.39 Å². The highest BCUT2D eigenvalue weighted by atomic mass is 19.1. The van der Waals surface area contributed by atoms with E-state index in [0.717, 1.165) is 28.1 Å². The van der Waals surface area contributed by atoms with Crippen molar-refractivity contribution >= 4 is 0 Å². The van der Waals surface area contributed by atoms with Gasteiger partial charge >= 0.3 is 0 Å². The summed E-state index contributed by atoms with van der Waals surface area (Å²) in [5.74, 6) is -0.172. The number of aromatic nitrogens is 2. The minimum Gasteiger partial charge on any atom is -0.240 e. The standard InChI is InChI=1S/C18H17FN2/c1-12-4-5-16(15-6-7-17(19)13(2)10-15)11-18(12)21-9-8-14(3)20-21/h4-11H,1-3H3. The molecule has 0 saturated heterocycles. The molecule has 0 amide bonds. The topological polar surface area (TPSA) is 17.8 Å². The Hall–Kier alpha value is -2.42. The molecule has 3 rings (SSSR count). The van der Waals surface area contributed by atoms with Crippen molar-refractivity contribution < 1.29 is 4.39 Å². The van der Waals surface area contributed by atoms with Crippen molar-refractivity contribution in [3.8, 4) is 16.8 Å². The number of benzene rings is 2. The third kappa shape index (κ3) is 2.59. The van der Waals surface area contributed by atoms with Crippen LogP contribution in [-0.2, 0) is 0 Å². The van der Waals surface area contributed by atoms with E-state index in [2.05, 4.69) is 30.2 Å². The van der Waals surface area contributed by atoms with Gasteiger partial charge in [-0.25, -0.2) is 9.07 Å². The van der Waals surface area contributed by atoms with Crippen LogP contribution in [0.5, 0.6) is 0 Å². The lowest BCUT2D eigenvalue weighted by Crippen LogP contribution is -1.98. The largest absolute Gasteiger partial charge is 0.240 e. The normalized spacial score (nSPS) is 10.9. The van der Waals surface area contributed by atoms with Gasteiger partial charge in [-0.2, -0.15) is 5.10 Å². The number of rotatable bonds is 2. The highest BCUT2D eigenvalue weighted by molar-refractivity contribution is 5.67. The van der Waals surface area contributed by atoms with Gasteiger partial charge in [0.2, 0.25) is 0 Å². The van der Waals surface area contributed by atoms with Crippen molar-refractivity contribution in [2.24, 2.45) is 0 Å². The molecule has 3 aromatic rings. The quantitative estimate of drug-likeness (QED) is 0.670. The van der Waals surface area contributed by atoms with Crippen molar-refractivity contribution in [2.75, 3.05) is 0 Å². The molecule has 0 aliphatic carbocycles. The maximum absolute atomic E-state index is 13.4. The van der Waals surface area contributed by atoms with Crippen LogP contribution in [-0.4, -0.2) is 9.78 Å². The minimum atomic E-state index is -0.172. The van der Waals surface area contributed by atoms with Gasteiger partial charge in [-0.15, -0.1) is 0 Å². The van der Waals surface area contributed by atoms with E-state index >= 15 is 0 Å². The first-order chi connectivity index (χ1) is 10.0. The van der Waals surface area contributed by atoms with E-state index < -0.39 is 0 Å². The molecule has 106 valence electrons. The molecule has 0 saturated carbocycles. The Bertz CT molecular complexity index is 803. The lowest BCUT2D eigenvalue weighted by Gasteiger charge is -2.10. The van der Waals surface area contributed by atoms with Gasteiger partial charge in [0.15, 0.2) is 0 Å². The SMILES string of the molecule is Cc1ccn(-c2cc(-c3ccc(F)c(C)c3)ccc2C)n1. The summed E-state index contributed by atoms with van der Waals surface area (Å²) in [5.41, 5.74) is 5.91. The molecule has 3 heteroatoms. The molecule has 0 aliphatic rings. The number of aryl methyl sites for hydroxylation is 3. The molecule has 0 aliphatic heterocycles. The van der Waals surface area contributed by atoms with E-state index in [1.807, 2.05) is 36.0 Å². The molecule has 1 aromatic heterocycles. The summed E-state index contributed by atoms with van der Waals surface area (Å²) in [6.45, 7) is 5.82. The molecular formula is C18H17FN2. The van der Waals surface area contributed by atoms with Gasteiger partial charge < -0.3 is 0 Å². The van der Waals surface area contributed by atoms with Crippen LogP contribution < -0.4 is 0 Å². The predicted molar refractivity (Wildman–Crippen MR) is 83.2 cm³/mol. The zero-order valence-corrected chi connectivity index (χ0v) is 12.4. The second-order valence-corrected chi connectivity index (χ2v) is 5.37. The summed E-state index contributed by atoms with van der Waals surface area (Å²) in [4.78, 5) is 0. The van der Waals surface area contributed by atoms with E-state index in [4.69, 9.17) is 0 Å². The first-order valence-electron chi connectivity index (χ1n) is 6.94. The molecule has 0 bridgehead atoms. The molecule has 2 aromatic carbocycles. The van der Waals surface area contributed by atoms with Crippen LogP contribution in [0.4, 0.5) is 4.39 Å². The maximum atomic E-state index is 13.4. The molecule has 0 unspecified atom stereocenters. The molecule has 0 N–H and O–H groups in total. The summed E-state index contributed by atoms with van der Waals surface area (Å²) in [6.07, 6.45) is 1.96. The second kappa shape index (κ2) is 5.17. The van der Waals surface area contributed by atoms with Gasteiger partial charge in [0.1, 0.15) is 5.82 Å². The zero-order chi connectivity index (χ0) is 15.0. The highest BCUT2D eigenvalue weighted by Crippen LogP contribution is 2.26. The Morgan fingerprint density at radius 3 is 2.24 bits per heavy atom. The molecule has 21 heavy (non-hydrogen) atoms. The Morgan fingerprint density at radius 1 is 0.857 bits per heavy atom. The molecule has 0 radical (unpaired) electrons. The van der Waals surface area contributed by atoms with Crippen molar-refractivity contribution in [3.05, 3.63) is 71.3 Å². The first kappa shape index (κ1) is 13.6. The third-order valence-electron chi connectivity index (χ3n) is 3.67. The monoisotopic (exact) mass is 280 g/mol. The smallest absolute Gasteiger partial charge is 0.126 e. The number of hydrogen-bond donors (Lipinski definition) is 0. The minimum absolute atomic E-state index is 0.172. The van der Waals surface area contributed by atoms with Crippen LogP contribution in [0.15, 0.2) is 48.7 Å². The summed E-state index contributed by atoms with van der Waals surface area (Å²) in [5, 5.41) is 4.46. The van der Waals surface area contributed by atoms with E-state index in [1.165, 1.54) is 6.07 Å². The number of nitrogens with zero attached hydrogens (tertiary/aromatic N) is 2. The molecule has 0 atom stereocenters. The van der Waals surface area contributed by atoms with Gasteiger partial charge in [0.05, 0.1) is 11.4 Å². The van der Waals surface area contributed by atoms with Gasteiger partial charge in [-0.3, -0.25) is 0 Å². The van der Waals surface area contributed by atoms with Gasteiger partial charge in [0.25, 0.3) is 0 Å². The van der Waals surface area contributed by atoms with Crippen LogP contribution in [0.3, 0.4) is 0 Å². The van der Waals surface area contributed by atoms with Crippen molar-refractivity contribution in [3.63, 3.8) is 0 Å². The second-order valence-electron chi connectivity index (χ2n) is 5.37. The van der Waals surface area contributed by atoms with Crippen LogP contribution in [0.1, 0.15) is 16.8 Å². The molecule has 2 nitrogen and oxygen atoms in total. The Kier molecular flexibility index (Phi) is 3.34. The summed E-state index contributed by atoms with van der Waals surface area (Å²) < 4.78 is 15.3. The van der Waals surface area contributed by atoms with E-state index in [-0.39, 0.29) is 5.82 Å². The van der Waals surface area contributed by atoms with Crippen LogP contribution >= 0.6 is 0 Å². The van der Waals surface area contributed by atoms with Crippen molar-refractivity contribution in [2.45, 2.75) is 20.8 Å². The molecule has 0 spiro atoms. The average Bonchev–Trinajstić information content (AvgIpc) is 2.89. The number of hydrogen-bond acceptors (Lipinski definition) is 1. The van der Waals surface area contributed by atoms with Crippen molar-refractivity contribution in [1.82, 2.24) is 9.78 Å². The fraction of sp³-hybridized carbons (Fsp3) is 0.167. The van der Waals surface area contributed by atoms with Crippen LogP contribution in [0.2, 0.25) is 0 Å². The lowest BCUT2D eigenvalue weighted by atomic mass is 10.0.